The fraction of sp³-hybridized carbons (Fsp3) is 0.188. The zero-order chi connectivity index (χ0) is 13.9. The number of hydrogen-bond donors (Lipinski definition) is 0. The number of para-hydroxylation sites is 2. The fourth-order valence-electron chi connectivity index (χ4n) is 2.36. The van der Waals surface area contributed by atoms with Crippen molar-refractivity contribution in [1.82, 2.24) is 0 Å². The van der Waals surface area contributed by atoms with Gasteiger partial charge in [-0.3, -0.25) is 4.79 Å². The monoisotopic (exact) mass is 287 g/mol. The first-order valence-corrected chi connectivity index (χ1v) is 6.98. The topological polar surface area (TPSA) is 29.5 Å². The van der Waals surface area contributed by atoms with Crippen molar-refractivity contribution in [3.63, 3.8) is 0 Å². The minimum Gasteiger partial charge on any atom is -0.487 e. The van der Waals surface area contributed by atoms with E-state index in [1.807, 2.05) is 48.5 Å². The molecule has 2 aromatic carbocycles. The summed E-state index contributed by atoms with van der Waals surface area (Å²) in [5.74, 6) is 0.538. The van der Waals surface area contributed by atoms with Crippen LogP contribution in [0.3, 0.4) is 0 Å². The predicted molar refractivity (Wildman–Crippen MR) is 79.1 cm³/mol. The van der Waals surface area contributed by atoms with E-state index in [9.17, 15) is 4.79 Å². The Kier molecular flexibility index (Phi) is 3.61. The molecule has 20 heavy (non-hydrogen) atoms. The number of benzene rings is 2. The zero-order valence-corrected chi connectivity index (χ0v) is 11.6. The number of ether oxygens (including phenoxy) is 1. The lowest BCUT2D eigenvalue weighted by atomic mass is 10.1. The maximum Gasteiger partial charge on any atom is 0.242 e. The predicted octanol–water partition coefficient (Wildman–Crippen LogP) is 3.35. The molecule has 1 aliphatic heterocycles. The number of amides is 1. The van der Waals surface area contributed by atoms with Crippen LogP contribution in [0.4, 0.5) is 5.69 Å². The number of alkyl halides is 1. The molecule has 0 aliphatic carbocycles. The number of halogens is 1. The van der Waals surface area contributed by atoms with E-state index < -0.39 is 0 Å². The van der Waals surface area contributed by atoms with Crippen molar-refractivity contribution in [1.29, 1.82) is 0 Å². The molecule has 1 aliphatic rings. The average molecular weight is 288 g/mol. The van der Waals surface area contributed by atoms with Gasteiger partial charge >= 0.3 is 0 Å². The molecule has 0 spiro atoms. The van der Waals surface area contributed by atoms with Gasteiger partial charge in [0.25, 0.3) is 0 Å². The highest BCUT2D eigenvalue weighted by atomic mass is 35.5. The lowest BCUT2D eigenvalue weighted by molar-refractivity contribution is -0.116. The second kappa shape index (κ2) is 5.55. The third-order valence-electron chi connectivity index (χ3n) is 3.40. The van der Waals surface area contributed by atoms with Gasteiger partial charge in [-0.1, -0.05) is 36.4 Å². The second-order valence-corrected chi connectivity index (χ2v) is 4.91. The van der Waals surface area contributed by atoms with Crippen molar-refractivity contribution < 1.29 is 9.53 Å². The van der Waals surface area contributed by atoms with E-state index in [-0.39, 0.29) is 11.8 Å². The van der Waals surface area contributed by atoms with Crippen LogP contribution in [0.15, 0.2) is 48.5 Å². The van der Waals surface area contributed by atoms with E-state index in [0.29, 0.717) is 18.9 Å². The minimum atomic E-state index is -0.126. The summed E-state index contributed by atoms with van der Waals surface area (Å²) in [5, 5.41) is 0. The van der Waals surface area contributed by atoms with Gasteiger partial charge in [-0.15, -0.1) is 11.6 Å². The third-order valence-corrected chi connectivity index (χ3v) is 3.63. The van der Waals surface area contributed by atoms with Gasteiger partial charge in [0.2, 0.25) is 5.91 Å². The van der Waals surface area contributed by atoms with Gasteiger partial charge in [0.1, 0.15) is 18.2 Å². The maximum absolute atomic E-state index is 12.1. The molecular weight excluding hydrogens is 274 g/mol. The first kappa shape index (κ1) is 13.0. The number of rotatable bonds is 1. The van der Waals surface area contributed by atoms with Crippen LogP contribution in [-0.2, 0) is 17.9 Å². The van der Waals surface area contributed by atoms with Crippen molar-refractivity contribution in [3.8, 4) is 5.75 Å². The summed E-state index contributed by atoms with van der Waals surface area (Å²) >= 11 is 5.74. The summed E-state index contributed by atoms with van der Waals surface area (Å²) in [7, 11) is 0. The van der Waals surface area contributed by atoms with Crippen molar-refractivity contribution in [3.05, 3.63) is 59.7 Å². The molecule has 0 saturated carbocycles. The number of carbonyl (C=O) groups excluding carboxylic acids is 1. The van der Waals surface area contributed by atoms with E-state index >= 15 is 0 Å². The molecule has 3 nitrogen and oxygen atoms in total. The van der Waals surface area contributed by atoms with Crippen LogP contribution in [-0.4, -0.2) is 11.8 Å². The molecule has 0 saturated heterocycles. The Bertz CT molecular complexity index is 642. The molecule has 4 heteroatoms. The van der Waals surface area contributed by atoms with E-state index in [4.69, 9.17) is 16.3 Å². The van der Waals surface area contributed by atoms with Crippen LogP contribution >= 0.6 is 11.6 Å². The van der Waals surface area contributed by atoms with Crippen LogP contribution in [0.2, 0.25) is 0 Å². The van der Waals surface area contributed by atoms with Crippen molar-refractivity contribution in [2.45, 2.75) is 13.2 Å². The largest absolute Gasteiger partial charge is 0.487 e. The Morgan fingerprint density at radius 2 is 1.80 bits per heavy atom. The summed E-state index contributed by atoms with van der Waals surface area (Å²) < 4.78 is 5.84. The van der Waals surface area contributed by atoms with Crippen molar-refractivity contribution >= 4 is 23.2 Å². The van der Waals surface area contributed by atoms with E-state index in [1.54, 1.807) is 4.90 Å². The van der Waals surface area contributed by atoms with Crippen LogP contribution in [0.25, 0.3) is 0 Å². The molecule has 1 heterocycles. The Morgan fingerprint density at radius 1 is 1.10 bits per heavy atom. The van der Waals surface area contributed by atoms with Crippen LogP contribution < -0.4 is 9.64 Å². The lowest BCUT2D eigenvalue weighted by Crippen LogP contribution is -2.33. The smallest absolute Gasteiger partial charge is 0.242 e. The third kappa shape index (κ3) is 2.37. The summed E-state index contributed by atoms with van der Waals surface area (Å²) in [4.78, 5) is 13.8. The molecule has 0 atom stereocenters. The normalized spacial score (nSPS) is 13.6. The standard InChI is InChI=1S/C16H14ClNO2/c17-9-16(19)18-10-12-5-1-2-6-13(12)11-20-15-8-4-3-7-14(15)18/h1-8H,9-11H2. The van der Waals surface area contributed by atoms with Crippen LogP contribution in [0.1, 0.15) is 11.1 Å². The zero-order valence-electron chi connectivity index (χ0n) is 10.9. The molecule has 0 unspecified atom stereocenters. The van der Waals surface area contributed by atoms with Gasteiger partial charge in [0.05, 0.1) is 12.2 Å². The van der Waals surface area contributed by atoms with Gasteiger partial charge in [0, 0.05) is 0 Å². The molecule has 0 fully saturated rings. The van der Waals surface area contributed by atoms with Crippen LogP contribution in [0.5, 0.6) is 5.75 Å². The minimum absolute atomic E-state index is 0.0451. The van der Waals surface area contributed by atoms with Gasteiger partial charge in [0.15, 0.2) is 0 Å². The van der Waals surface area contributed by atoms with E-state index in [0.717, 1.165) is 16.8 Å². The second-order valence-electron chi connectivity index (χ2n) is 4.64. The first-order valence-electron chi connectivity index (χ1n) is 6.44. The van der Waals surface area contributed by atoms with Gasteiger partial charge in [-0.2, -0.15) is 0 Å². The Hall–Kier alpha value is -2.00. The van der Waals surface area contributed by atoms with Crippen molar-refractivity contribution in [2.75, 3.05) is 10.8 Å². The van der Waals surface area contributed by atoms with Crippen molar-refractivity contribution in [2.24, 2.45) is 0 Å². The summed E-state index contributed by atoms with van der Waals surface area (Å²) in [6.45, 7) is 1.03. The molecule has 0 bridgehead atoms. The molecule has 3 rings (SSSR count). The SMILES string of the molecule is O=C(CCl)N1Cc2ccccc2COc2ccccc21. The van der Waals surface area contributed by atoms with E-state index in [1.165, 1.54) is 0 Å². The molecule has 0 aromatic heterocycles. The summed E-state index contributed by atoms with van der Waals surface area (Å²) in [6, 6.07) is 15.5. The van der Waals surface area contributed by atoms with E-state index in [2.05, 4.69) is 0 Å². The highest BCUT2D eigenvalue weighted by Gasteiger charge is 2.22. The quantitative estimate of drug-likeness (QED) is 0.753. The number of anilines is 1. The molecule has 0 N–H and O–H groups in total. The molecule has 1 amide bonds. The molecule has 2 aromatic rings. The highest BCUT2D eigenvalue weighted by Crippen LogP contribution is 2.33. The number of fused-ring (bicyclic) bond motifs is 2. The summed E-state index contributed by atoms with van der Waals surface area (Å²) in [5.41, 5.74) is 2.95. The summed E-state index contributed by atoms with van der Waals surface area (Å²) in [6.07, 6.45) is 0. The highest BCUT2D eigenvalue weighted by molar-refractivity contribution is 6.29. The van der Waals surface area contributed by atoms with Crippen LogP contribution in [0, 0.1) is 0 Å². The average Bonchev–Trinajstić information content (AvgIpc) is 2.49. The Morgan fingerprint density at radius 3 is 2.60 bits per heavy atom. The Labute approximate surface area is 122 Å². The van der Waals surface area contributed by atoms with Gasteiger partial charge in [-0.05, 0) is 23.3 Å². The number of carbonyl (C=O) groups is 1. The first-order chi connectivity index (χ1) is 9.79. The Balaban J connectivity index is 2.08. The number of nitrogens with zero attached hydrogens (tertiary/aromatic N) is 1. The molecule has 0 radical (unpaired) electrons. The maximum atomic E-state index is 12.1. The van der Waals surface area contributed by atoms with Gasteiger partial charge in [-0.25, -0.2) is 0 Å². The lowest BCUT2D eigenvalue weighted by Gasteiger charge is -2.28. The van der Waals surface area contributed by atoms with Gasteiger partial charge < -0.3 is 9.64 Å². The number of hydrogen-bond acceptors (Lipinski definition) is 2. The molecular formula is C16H14ClNO2. The molecule has 102 valence electrons. The fourth-order valence-corrected chi connectivity index (χ4v) is 2.50.